The highest BCUT2D eigenvalue weighted by Crippen LogP contribution is 2.20. The summed E-state index contributed by atoms with van der Waals surface area (Å²) in [6, 6.07) is 0. The Balaban J connectivity index is 5.22. The molecule has 7 nitrogen and oxygen atoms in total. The van der Waals surface area contributed by atoms with Gasteiger partial charge in [-0.1, -0.05) is 45.7 Å². The van der Waals surface area contributed by atoms with Gasteiger partial charge in [-0.15, -0.1) is 0 Å². The second-order valence-corrected chi connectivity index (χ2v) is 11.8. The maximum Gasteiger partial charge on any atom is 0.236 e. The van der Waals surface area contributed by atoms with Crippen molar-refractivity contribution in [2.75, 3.05) is 26.2 Å². The molecule has 0 aliphatic carbocycles. The molecule has 26 heavy (non-hydrogen) atoms. The standard InChI is InChI=1S/C17H31Br2N3O4/c1-11(2)12(24)20-7-17(10-23,8-21-13(25)15(3,4)18)9-22-14(26)16(5,6)19/h11,23H,7-10H2,1-6H3,(H,20,24)(H,21,25)(H,22,26). The minimum atomic E-state index is -0.924. The van der Waals surface area contributed by atoms with Crippen molar-refractivity contribution in [1.82, 2.24) is 16.0 Å². The number of carbonyl (C=O) groups is 3. The molecule has 0 atom stereocenters. The molecule has 3 amide bonds. The Morgan fingerprint density at radius 1 is 0.846 bits per heavy atom. The van der Waals surface area contributed by atoms with Gasteiger partial charge in [0.1, 0.15) is 0 Å². The Hall–Kier alpha value is -0.670. The van der Waals surface area contributed by atoms with Crippen LogP contribution in [0.3, 0.4) is 0 Å². The number of nitrogens with one attached hydrogen (secondary N) is 3. The number of amides is 3. The summed E-state index contributed by atoms with van der Waals surface area (Å²) in [6.07, 6.45) is 0. The Kier molecular flexibility index (Phi) is 9.77. The Morgan fingerprint density at radius 3 is 1.46 bits per heavy atom. The van der Waals surface area contributed by atoms with Gasteiger partial charge in [0.15, 0.2) is 0 Å². The van der Waals surface area contributed by atoms with Crippen molar-refractivity contribution in [3.8, 4) is 0 Å². The van der Waals surface area contributed by atoms with Gasteiger partial charge < -0.3 is 21.1 Å². The Bertz CT molecular complexity index is 481. The summed E-state index contributed by atoms with van der Waals surface area (Å²) in [6.45, 7) is 10.3. The Morgan fingerprint density at radius 2 is 1.19 bits per heavy atom. The van der Waals surface area contributed by atoms with Gasteiger partial charge >= 0.3 is 0 Å². The molecule has 0 rings (SSSR count). The number of hydrogen-bond acceptors (Lipinski definition) is 4. The van der Waals surface area contributed by atoms with Crippen LogP contribution < -0.4 is 16.0 Å². The van der Waals surface area contributed by atoms with Crippen LogP contribution in [0, 0.1) is 11.3 Å². The quantitative estimate of drug-likeness (QED) is 0.339. The third-order valence-electron chi connectivity index (χ3n) is 3.83. The maximum atomic E-state index is 12.1. The van der Waals surface area contributed by atoms with E-state index in [1.165, 1.54) is 0 Å². The molecule has 9 heteroatoms. The van der Waals surface area contributed by atoms with E-state index in [4.69, 9.17) is 0 Å². The van der Waals surface area contributed by atoms with Gasteiger partial charge in [-0.3, -0.25) is 14.4 Å². The van der Waals surface area contributed by atoms with Gasteiger partial charge in [-0.05, 0) is 27.7 Å². The minimum absolute atomic E-state index is 0.0960. The highest BCUT2D eigenvalue weighted by molar-refractivity contribution is 9.10. The summed E-state index contributed by atoms with van der Waals surface area (Å²) in [7, 11) is 0. The number of halogens is 2. The second-order valence-electron chi connectivity index (χ2n) is 7.84. The van der Waals surface area contributed by atoms with E-state index >= 15 is 0 Å². The van der Waals surface area contributed by atoms with Crippen molar-refractivity contribution in [1.29, 1.82) is 0 Å². The minimum Gasteiger partial charge on any atom is -0.396 e. The first-order chi connectivity index (χ1) is 11.6. The van der Waals surface area contributed by atoms with E-state index < -0.39 is 14.1 Å². The number of alkyl halides is 2. The lowest BCUT2D eigenvalue weighted by atomic mass is 9.87. The fourth-order valence-electron chi connectivity index (χ4n) is 1.79. The van der Waals surface area contributed by atoms with Crippen LogP contribution in [-0.2, 0) is 14.4 Å². The van der Waals surface area contributed by atoms with Gasteiger partial charge in [0.25, 0.3) is 0 Å². The summed E-state index contributed by atoms with van der Waals surface area (Å²) in [5.41, 5.74) is -0.924. The fourth-order valence-corrected chi connectivity index (χ4v) is 2.07. The van der Waals surface area contributed by atoms with Crippen LogP contribution in [0.15, 0.2) is 0 Å². The van der Waals surface area contributed by atoms with Gasteiger partial charge in [0.2, 0.25) is 17.7 Å². The van der Waals surface area contributed by atoms with Crippen LogP contribution in [0.4, 0.5) is 0 Å². The number of aliphatic hydroxyl groups is 1. The zero-order valence-corrected chi connectivity index (χ0v) is 19.5. The summed E-state index contributed by atoms with van der Waals surface area (Å²) < 4.78 is -1.53. The SMILES string of the molecule is CC(C)C(=O)NCC(CO)(CNC(=O)C(C)(C)Br)CNC(=O)C(C)(C)Br. The van der Waals surface area contributed by atoms with Gasteiger partial charge in [0.05, 0.1) is 15.3 Å². The van der Waals surface area contributed by atoms with E-state index in [1.54, 1.807) is 41.5 Å². The predicted octanol–water partition coefficient (Wildman–Crippen LogP) is 1.32. The predicted molar refractivity (Wildman–Crippen MR) is 109 cm³/mol. The van der Waals surface area contributed by atoms with E-state index in [0.717, 1.165) is 0 Å². The molecule has 0 radical (unpaired) electrons. The average molecular weight is 501 g/mol. The summed E-state index contributed by atoms with van der Waals surface area (Å²) in [5, 5.41) is 18.3. The summed E-state index contributed by atoms with van der Waals surface area (Å²) in [4.78, 5) is 36.2. The largest absolute Gasteiger partial charge is 0.396 e. The molecule has 0 aromatic rings. The molecule has 152 valence electrons. The molecular weight excluding hydrogens is 470 g/mol. The van der Waals surface area contributed by atoms with Crippen LogP contribution in [0.2, 0.25) is 0 Å². The molecule has 0 aromatic heterocycles. The van der Waals surface area contributed by atoms with E-state index in [1.807, 2.05) is 0 Å². The van der Waals surface area contributed by atoms with E-state index in [2.05, 4.69) is 47.8 Å². The highest BCUT2D eigenvalue weighted by atomic mass is 79.9. The normalized spacial score (nSPS) is 12.7. The van der Waals surface area contributed by atoms with Gasteiger partial charge in [0, 0.05) is 31.0 Å². The maximum absolute atomic E-state index is 12.1. The van der Waals surface area contributed by atoms with E-state index in [9.17, 15) is 19.5 Å². The third kappa shape index (κ3) is 8.81. The monoisotopic (exact) mass is 499 g/mol. The number of hydrogen-bond donors (Lipinski definition) is 4. The third-order valence-corrected chi connectivity index (χ3v) is 4.55. The van der Waals surface area contributed by atoms with Crippen molar-refractivity contribution in [2.45, 2.75) is 50.2 Å². The summed E-state index contributed by atoms with van der Waals surface area (Å²) in [5.74, 6) is -0.879. The first-order valence-corrected chi connectivity index (χ1v) is 10.1. The molecule has 0 bridgehead atoms. The fraction of sp³-hybridized carbons (Fsp3) is 0.824. The molecular formula is C17H31Br2N3O4. The van der Waals surface area contributed by atoms with E-state index in [0.29, 0.717) is 0 Å². The molecule has 0 fully saturated rings. The zero-order valence-electron chi connectivity index (χ0n) is 16.3. The van der Waals surface area contributed by atoms with Crippen LogP contribution in [0.25, 0.3) is 0 Å². The number of rotatable bonds is 10. The lowest BCUT2D eigenvalue weighted by Crippen LogP contribution is -2.56. The summed E-state index contributed by atoms with van der Waals surface area (Å²) >= 11 is 6.57. The molecule has 0 aliphatic heterocycles. The van der Waals surface area contributed by atoms with Crippen molar-refractivity contribution in [2.24, 2.45) is 11.3 Å². The molecule has 0 saturated heterocycles. The first kappa shape index (κ1) is 25.3. The van der Waals surface area contributed by atoms with Crippen molar-refractivity contribution in [3.05, 3.63) is 0 Å². The van der Waals surface area contributed by atoms with Crippen molar-refractivity contribution >= 4 is 49.6 Å². The lowest BCUT2D eigenvalue weighted by Gasteiger charge is -2.34. The molecule has 0 aromatic carbocycles. The number of aliphatic hydroxyl groups excluding tert-OH is 1. The lowest BCUT2D eigenvalue weighted by molar-refractivity contribution is -0.124. The molecule has 0 heterocycles. The highest BCUT2D eigenvalue weighted by Gasteiger charge is 2.35. The number of carbonyl (C=O) groups excluding carboxylic acids is 3. The molecule has 0 aliphatic rings. The average Bonchev–Trinajstić information content (AvgIpc) is 2.51. The topological polar surface area (TPSA) is 108 Å². The molecule has 0 saturated carbocycles. The molecule has 4 N–H and O–H groups in total. The second kappa shape index (κ2) is 10.0. The zero-order chi connectivity index (χ0) is 20.8. The van der Waals surface area contributed by atoms with Gasteiger partial charge in [-0.2, -0.15) is 0 Å². The van der Waals surface area contributed by atoms with Crippen LogP contribution in [0.5, 0.6) is 0 Å². The van der Waals surface area contributed by atoms with E-state index in [-0.39, 0.29) is 49.9 Å². The smallest absolute Gasteiger partial charge is 0.236 e. The van der Waals surface area contributed by atoms with Crippen molar-refractivity contribution in [3.63, 3.8) is 0 Å². The first-order valence-electron chi connectivity index (χ1n) is 8.47. The Labute approximate surface area is 172 Å². The van der Waals surface area contributed by atoms with Crippen molar-refractivity contribution < 1.29 is 19.5 Å². The van der Waals surface area contributed by atoms with Crippen LogP contribution in [-0.4, -0.2) is 57.7 Å². The van der Waals surface area contributed by atoms with Gasteiger partial charge in [-0.25, -0.2) is 0 Å². The van der Waals surface area contributed by atoms with Crippen LogP contribution in [0.1, 0.15) is 41.5 Å². The van der Waals surface area contributed by atoms with Crippen LogP contribution >= 0.6 is 31.9 Å². The molecule has 0 spiro atoms. The molecule has 0 unspecified atom stereocenters.